The second-order valence-electron chi connectivity index (χ2n) is 3.32. The summed E-state index contributed by atoms with van der Waals surface area (Å²) in [5.74, 6) is -7.81. The van der Waals surface area contributed by atoms with E-state index in [4.69, 9.17) is 5.11 Å². The van der Waals surface area contributed by atoms with E-state index in [1.165, 1.54) is 0 Å². The minimum atomic E-state index is -3.32. The van der Waals surface area contributed by atoms with Crippen LogP contribution in [0.3, 0.4) is 0 Å². The molecule has 0 radical (unpaired) electrons. The summed E-state index contributed by atoms with van der Waals surface area (Å²) in [4.78, 5) is 9.97. The van der Waals surface area contributed by atoms with Gasteiger partial charge >= 0.3 is 5.97 Å². The minimum Gasteiger partial charge on any atom is -0.481 e. The summed E-state index contributed by atoms with van der Waals surface area (Å²) in [6.45, 7) is 0.556. The lowest BCUT2D eigenvalue weighted by atomic mass is 10.1. The number of carboxylic acid groups (broad SMARTS) is 1. The van der Waals surface area contributed by atoms with E-state index in [0.29, 0.717) is 6.92 Å². The largest absolute Gasteiger partial charge is 0.481 e. The van der Waals surface area contributed by atoms with Crippen LogP contribution >= 0.6 is 0 Å². The van der Waals surface area contributed by atoms with Crippen LogP contribution in [0.15, 0.2) is 0 Å². The molecule has 0 bridgehead atoms. The molecule has 0 aromatic heterocycles. The predicted molar refractivity (Wildman–Crippen MR) is 41.7 cm³/mol. The van der Waals surface area contributed by atoms with Gasteiger partial charge in [0.05, 0.1) is 6.42 Å². The maximum atomic E-state index is 12.7. The Morgan fingerprint density at radius 3 is 2.00 bits per heavy atom. The van der Waals surface area contributed by atoms with E-state index >= 15 is 0 Å². The standard InChI is InChI=1S/C8H12F4O2/c1-7(9,10)4-5-8(11,12)3-2-6(13)14/h2-5H2,1H3,(H,13,14). The molecule has 0 saturated carbocycles. The van der Waals surface area contributed by atoms with Gasteiger partial charge in [-0.1, -0.05) is 0 Å². The summed E-state index contributed by atoms with van der Waals surface area (Å²) in [7, 11) is 0. The van der Waals surface area contributed by atoms with Crippen LogP contribution in [0.4, 0.5) is 17.6 Å². The van der Waals surface area contributed by atoms with Crippen LogP contribution in [-0.2, 0) is 4.79 Å². The highest BCUT2D eigenvalue weighted by atomic mass is 19.3. The third-order valence-electron chi connectivity index (χ3n) is 1.63. The van der Waals surface area contributed by atoms with E-state index in [-0.39, 0.29) is 0 Å². The molecule has 0 aromatic rings. The molecule has 0 heterocycles. The molecule has 84 valence electrons. The smallest absolute Gasteiger partial charge is 0.303 e. The average molecular weight is 216 g/mol. The van der Waals surface area contributed by atoms with Crippen molar-refractivity contribution in [2.75, 3.05) is 0 Å². The van der Waals surface area contributed by atoms with Crippen molar-refractivity contribution in [3.8, 4) is 0 Å². The van der Waals surface area contributed by atoms with Gasteiger partial charge in [-0.25, -0.2) is 17.6 Å². The van der Waals surface area contributed by atoms with Gasteiger partial charge in [-0.05, 0) is 6.92 Å². The van der Waals surface area contributed by atoms with Crippen molar-refractivity contribution in [3.05, 3.63) is 0 Å². The Labute approximate surface area is 78.9 Å². The number of aliphatic carboxylic acids is 1. The molecule has 0 amide bonds. The number of alkyl halides is 4. The van der Waals surface area contributed by atoms with Crippen molar-refractivity contribution in [1.29, 1.82) is 0 Å². The summed E-state index contributed by atoms with van der Waals surface area (Å²) in [5, 5.41) is 8.12. The predicted octanol–water partition coefficient (Wildman–Crippen LogP) is 2.92. The first-order valence-electron chi connectivity index (χ1n) is 4.10. The number of halogens is 4. The van der Waals surface area contributed by atoms with Crippen LogP contribution in [0.2, 0.25) is 0 Å². The van der Waals surface area contributed by atoms with Crippen LogP contribution in [0, 0.1) is 0 Å². The lowest BCUT2D eigenvalue weighted by Gasteiger charge is -2.17. The fourth-order valence-electron chi connectivity index (χ4n) is 0.817. The molecule has 1 N–H and O–H groups in total. The molecule has 0 aliphatic heterocycles. The molecule has 0 saturated heterocycles. The fraction of sp³-hybridized carbons (Fsp3) is 0.875. The molecular formula is C8H12F4O2. The number of rotatable bonds is 6. The Kier molecular flexibility index (Phi) is 4.35. The number of carboxylic acids is 1. The van der Waals surface area contributed by atoms with E-state index in [9.17, 15) is 22.4 Å². The van der Waals surface area contributed by atoms with E-state index in [2.05, 4.69) is 0 Å². The Morgan fingerprint density at radius 1 is 1.14 bits per heavy atom. The molecule has 2 nitrogen and oxygen atoms in total. The second-order valence-corrected chi connectivity index (χ2v) is 3.32. The topological polar surface area (TPSA) is 37.3 Å². The Hall–Kier alpha value is -0.810. The van der Waals surface area contributed by atoms with Gasteiger partial charge in [0.1, 0.15) is 0 Å². The van der Waals surface area contributed by atoms with Crippen LogP contribution in [0.25, 0.3) is 0 Å². The summed E-state index contributed by atoms with van der Waals surface area (Å²) < 4.78 is 49.8. The van der Waals surface area contributed by atoms with Gasteiger partial charge in [0.15, 0.2) is 0 Å². The highest BCUT2D eigenvalue weighted by Crippen LogP contribution is 2.30. The maximum absolute atomic E-state index is 12.7. The third-order valence-corrected chi connectivity index (χ3v) is 1.63. The molecule has 0 fully saturated rings. The number of hydrogen-bond acceptors (Lipinski definition) is 1. The van der Waals surface area contributed by atoms with Gasteiger partial charge < -0.3 is 5.11 Å². The van der Waals surface area contributed by atoms with E-state index in [0.717, 1.165) is 0 Å². The molecule has 0 atom stereocenters. The van der Waals surface area contributed by atoms with Crippen molar-refractivity contribution in [2.24, 2.45) is 0 Å². The fourth-order valence-corrected chi connectivity index (χ4v) is 0.817. The van der Waals surface area contributed by atoms with Crippen molar-refractivity contribution >= 4 is 5.97 Å². The Balaban J connectivity index is 3.89. The van der Waals surface area contributed by atoms with Gasteiger partial charge in [-0.3, -0.25) is 4.79 Å². The SMILES string of the molecule is CC(F)(F)CCC(F)(F)CCC(=O)O. The summed E-state index contributed by atoms with van der Waals surface area (Å²) in [5.41, 5.74) is 0. The highest BCUT2D eigenvalue weighted by molar-refractivity contribution is 5.66. The van der Waals surface area contributed by atoms with Gasteiger partial charge in [0.25, 0.3) is 0 Å². The number of carbonyl (C=O) groups is 1. The van der Waals surface area contributed by atoms with Crippen LogP contribution < -0.4 is 0 Å². The minimum absolute atomic E-state index is 0.556. The zero-order valence-corrected chi connectivity index (χ0v) is 7.70. The summed E-state index contributed by atoms with van der Waals surface area (Å²) in [6, 6.07) is 0. The van der Waals surface area contributed by atoms with Crippen molar-refractivity contribution < 1.29 is 27.5 Å². The van der Waals surface area contributed by atoms with Crippen molar-refractivity contribution in [3.63, 3.8) is 0 Å². The lowest BCUT2D eigenvalue weighted by Crippen LogP contribution is -2.22. The molecule has 0 aromatic carbocycles. The van der Waals surface area contributed by atoms with Crippen molar-refractivity contribution in [2.45, 2.75) is 44.5 Å². The molecule has 6 heteroatoms. The first-order valence-corrected chi connectivity index (χ1v) is 4.10. The van der Waals surface area contributed by atoms with E-state index in [1.807, 2.05) is 0 Å². The number of hydrogen-bond donors (Lipinski definition) is 1. The molecule has 0 unspecified atom stereocenters. The summed E-state index contributed by atoms with van der Waals surface area (Å²) >= 11 is 0. The zero-order valence-electron chi connectivity index (χ0n) is 7.70. The van der Waals surface area contributed by atoms with Gasteiger partial charge in [0.2, 0.25) is 11.8 Å². The first-order chi connectivity index (χ1) is 6.12. The molecular weight excluding hydrogens is 204 g/mol. The Bertz CT molecular complexity index is 198. The molecule has 0 aliphatic rings. The van der Waals surface area contributed by atoms with Crippen LogP contribution in [-0.4, -0.2) is 22.9 Å². The van der Waals surface area contributed by atoms with Crippen LogP contribution in [0.1, 0.15) is 32.6 Å². The van der Waals surface area contributed by atoms with Crippen molar-refractivity contribution in [1.82, 2.24) is 0 Å². The average Bonchev–Trinajstić information content (AvgIpc) is 1.97. The quantitative estimate of drug-likeness (QED) is 0.693. The third kappa shape index (κ3) is 7.82. The van der Waals surface area contributed by atoms with E-state index < -0.39 is 43.5 Å². The second kappa shape index (κ2) is 4.61. The Morgan fingerprint density at radius 2 is 1.64 bits per heavy atom. The normalized spacial score (nSPS) is 12.9. The highest BCUT2D eigenvalue weighted by Gasteiger charge is 2.33. The van der Waals surface area contributed by atoms with Gasteiger partial charge in [0, 0.05) is 19.3 Å². The molecule has 0 aliphatic carbocycles. The molecule has 14 heavy (non-hydrogen) atoms. The molecule has 0 spiro atoms. The monoisotopic (exact) mass is 216 g/mol. The van der Waals surface area contributed by atoms with Crippen LogP contribution in [0.5, 0.6) is 0 Å². The van der Waals surface area contributed by atoms with E-state index in [1.54, 1.807) is 0 Å². The lowest BCUT2D eigenvalue weighted by molar-refractivity contribution is -0.139. The first kappa shape index (κ1) is 13.2. The maximum Gasteiger partial charge on any atom is 0.303 e. The van der Waals surface area contributed by atoms with Gasteiger partial charge in [-0.2, -0.15) is 0 Å². The van der Waals surface area contributed by atoms with Gasteiger partial charge in [-0.15, -0.1) is 0 Å². The molecule has 0 rings (SSSR count). The summed E-state index contributed by atoms with van der Waals surface area (Å²) in [6.07, 6.45) is -3.51. The zero-order chi connectivity index (χ0) is 11.4.